The van der Waals surface area contributed by atoms with E-state index in [1.165, 1.54) is 0 Å². The number of benzene rings is 2. The molecule has 4 heteroatoms. The van der Waals surface area contributed by atoms with Crippen LogP contribution in [0.15, 0.2) is 48.5 Å². The highest BCUT2D eigenvalue weighted by molar-refractivity contribution is 6.34. The molecule has 0 aliphatic carbocycles. The third kappa shape index (κ3) is 3.56. The van der Waals surface area contributed by atoms with Crippen LogP contribution in [0.1, 0.15) is 15.9 Å². The number of rotatable bonds is 4. The molecule has 0 saturated carbocycles. The molecule has 0 aliphatic rings. The molecular formula is C15H15ClN2O. The van der Waals surface area contributed by atoms with Crippen LogP contribution in [0.5, 0.6) is 0 Å². The van der Waals surface area contributed by atoms with Crippen molar-refractivity contribution in [1.82, 2.24) is 0 Å². The Morgan fingerprint density at radius 3 is 2.42 bits per heavy atom. The van der Waals surface area contributed by atoms with Crippen molar-refractivity contribution in [3.8, 4) is 0 Å². The maximum Gasteiger partial charge on any atom is 0.257 e. The lowest BCUT2D eigenvalue weighted by Crippen LogP contribution is -2.12. The van der Waals surface area contributed by atoms with E-state index in [0.717, 1.165) is 17.7 Å². The lowest BCUT2D eigenvalue weighted by atomic mass is 10.1. The van der Waals surface area contributed by atoms with Gasteiger partial charge < -0.3 is 11.1 Å². The third-order valence-electron chi connectivity index (χ3n) is 2.76. The molecule has 0 aliphatic heterocycles. The summed E-state index contributed by atoms with van der Waals surface area (Å²) in [5, 5.41) is 3.26. The number of hydrogen-bond acceptors (Lipinski definition) is 2. The highest BCUT2D eigenvalue weighted by Gasteiger charge is 2.09. The Balaban J connectivity index is 2.09. The Hall–Kier alpha value is -1.84. The first-order valence-electron chi connectivity index (χ1n) is 6.05. The molecule has 0 heterocycles. The standard InChI is InChI=1S/C15H15ClN2O/c16-14-4-2-1-3-13(14)15(19)18-12-7-5-11(6-8-12)9-10-17/h1-8H,9-10,17H2,(H,18,19). The number of nitrogens with one attached hydrogen (secondary N) is 1. The van der Waals surface area contributed by atoms with Crippen molar-refractivity contribution < 1.29 is 4.79 Å². The van der Waals surface area contributed by atoms with E-state index in [-0.39, 0.29) is 5.91 Å². The van der Waals surface area contributed by atoms with Gasteiger partial charge in [0.15, 0.2) is 0 Å². The van der Waals surface area contributed by atoms with Crippen molar-refractivity contribution in [1.29, 1.82) is 0 Å². The molecular weight excluding hydrogens is 260 g/mol. The van der Waals surface area contributed by atoms with Crippen LogP contribution in [0.3, 0.4) is 0 Å². The quantitative estimate of drug-likeness (QED) is 0.900. The molecule has 0 aromatic heterocycles. The Morgan fingerprint density at radius 1 is 1.11 bits per heavy atom. The summed E-state index contributed by atoms with van der Waals surface area (Å²) in [6.45, 7) is 0.616. The zero-order valence-electron chi connectivity index (χ0n) is 10.4. The molecule has 3 nitrogen and oxygen atoms in total. The molecule has 3 N–H and O–H groups in total. The van der Waals surface area contributed by atoms with Crippen LogP contribution >= 0.6 is 11.6 Å². The van der Waals surface area contributed by atoms with Crippen molar-refractivity contribution in [2.45, 2.75) is 6.42 Å². The molecule has 0 radical (unpaired) electrons. The maximum absolute atomic E-state index is 12.0. The van der Waals surface area contributed by atoms with Crippen LogP contribution in [-0.2, 0) is 6.42 Å². The van der Waals surface area contributed by atoms with E-state index in [2.05, 4.69) is 5.32 Å². The van der Waals surface area contributed by atoms with Gasteiger partial charge in [0.1, 0.15) is 0 Å². The molecule has 0 saturated heterocycles. The molecule has 1 amide bonds. The normalized spacial score (nSPS) is 10.2. The lowest BCUT2D eigenvalue weighted by molar-refractivity contribution is 0.102. The molecule has 98 valence electrons. The van der Waals surface area contributed by atoms with Crippen LogP contribution in [0.25, 0.3) is 0 Å². The van der Waals surface area contributed by atoms with Gasteiger partial charge in [-0.2, -0.15) is 0 Å². The summed E-state index contributed by atoms with van der Waals surface area (Å²) in [5.41, 5.74) is 7.85. The average Bonchev–Trinajstić information content (AvgIpc) is 2.42. The van der Waals surface area contributed by atoms with Gasteiger partial charge in [-0.1, -0.05) is 35.9 Å². The van der Waals surface area contributed by atoms with Crippen LogP contribution in [-0.4, -0.2) is 12.5 Å². The summed E-state index contributed by atoms with van der Waals surface area (Å²) in [7, 11) is 0. The molecule has 0 atom stereocenters. The Kier molecular flexibility index (Phi) is 4.55. The minimum Gasteiger partial charge on any atom is -0.330 e. The van der Waals surface area contributed by atoms with Crippen molar-refractivity contribution in [2.75, 3.05) is 11.9 Å². The minimum atomic E-state index is -0.211. The van der Waals surface area contributed by atoms with Crippen LogP contribution in [0.2, 0.25) is 5.02 Å². The minimum absolute atomic E-state index is 0.211. The van der Waals surface area contributed by atoms with Crippen LogP contribution < -0.4 is 11.1 Å². The third-order valence-corrected chi connectivity index (χ3v) is 3.09. The highest BCUT2D eigenvalue weighted by Crippen LogP contribution is 2.17. The number of halogens is 1. The second-order valence-electron chi connectivity index (χ2n) is 4.17. The van der Waals surface area contributed by atoms with Crippen molar-refractivity contribution in [2.24, 2.45) is 5.73 Å². The van der Waals surface area contributed by atoms with E-state index in [9.17, 15) is 4.79 Å². The topological polar surface area (TPSA) is 55.1 Å². The van der Waals surface area contributed by atoms with Crippen LogP contribution in [0, 0.1) is 0 Å². The van der Waals surface area contributed by atoms with Gasteiger partial charge in [-0.25, -0.2) is 0 Å². The number of hydrogen-bond donors (Lipinski definition) is 2. The molecule has 0 unspecified atom stereocenters. The fourth-order valence-corrected chi connectivity index (χ4v) is 1.99. The van der Waals surface area contributed by atoms with Gasteiger partial charge in [0, 0.05) is 5.69 Å². The molecule has 2 aromatic rings. The zero-order valence-corrected chi connectivity index (χ0v) is 11.2. The van der Waals surface area contributed by atoms with Gasteiger partial charge in [0.2, 0.25) is 0 Å². The predicted molar refractivity (Wildman–Crippen MR) is 78.6 cm³/mol. The van der Waals surface area contributed by atoms with Gasteiger partial charge in [-0.05, 0) is 42.8 Å². The molecule has 0 fully saturated rings. The molecule has 0 bridgehead atoms. The van der Waals surface area contributed by atoms with Gasteiger partial charge in [0.25, 0.3) is 5.91 Å². The number of anilines is 1. The number of carbonyl (C=O) groups is 1. The first kappa shape index (κ1) is 13.6. The number of amides is 1. The van der Waals surface area contributed by atoms with Crippen molar-refractivity contribution >= 4 is 23.2 Å². The zero-order chi connectivity index (χ0) is 13.7. The van der Waals surface area contributed by atoms with Gasteiger partial charge in [0.05, 0.1) is 10.6 Å². The first-order valence-corrected chi connectivity index (χ1v) is 6.43. The van der Waals surface area contributed by atoms with E-state index >= 15 is 0 Å². The Labute approximate surface area is 117 Å². The largest absolute Gasteiger partial charge is 0.330 e. The second-order valence-corrected chi connectivity index (χ2v) is 4.58. The molecule has 2 aromatic carbocycles. The van der Waals surface area contributed by atoms with E-state index < -0.39 is 0 Å². The van der Waals surface area contributed by atoms with E-state index in [0.29, 0.717) is 17.1 Å². The molecule has 19 heavy (non-hydrogen) atoms. The van der Waals surface area contributed by atoms with E-state index in [1.807, 2.05) is 24.3 Å². The average molecular weight is 275 g/mol. The van der Waals surface area contributed by atoms with Gasteiger partial charge in [-0.15, -0.1) is 0 Å². The highest BCUT2D eigenvalue weighted by atomic mass is 35.5. The number of carbonyl (C=O) groups excluding carboxylic acids is 1. The Morgan fingerprint density at radius 2 is 1.79 bits per heavy atom. The first-order chi connectivity index (χ1) is 9.20. The van der Waals surface area contributed by atoms with E-state index in [1.54, 1.807) is 24.3 Å². The monoisotopic (exact) mass is 274 g/mol. The van der Waals surface area contributed by atoms with Crippen LogP contribution in [0.4, 0.5) is 5.69 Å². The Bertz CT molecular complexity index is 567. The SMILES string of the molecule is NCCc1ccc(NC(=O)c2ccccc2Cl)cc1. The summed E-state index contributed by atoms with van der Waals surface area (Å²) >= 11 is 5.98. The predicted octanol–water partition coefficient (Wildman–Crippen LogP) is 3.09. The number of nitrogens with two attached hydrogens (primary N) is 1. The molecule has 0 spiro atoms. The fraction of sp³-hybridized carbons (Fsp3) is 0.133. The second kappa shape index (κ2) is 6.36. The fourth-order valence-electron chi connectivity index (χ4n) is 1.77. The molecule has 2 rings (SSSR count). The smallest absolute Gasteiger partial charge is 0.257 e. The summed E-state index contributed by atoms with van der Waals surface area (Å²) in [4.78, 5) is 12.0. The van der Waals surface area contributed by atoms with Gasteiger partial charge in [-0.3, -0.25) is 4.79 Å². The van der Waals surface area contributed by atoms with Crippen molar-refractivity contribution in [3.05, 3.63) is 64.7 Å². The maximum atomic E-state index is 12.0. The summed E-state index contributed by atoms with van der Waals surface area (Å²) < 4.78 is 0. The summed E-state index contributed by atoms with van der Waals surface area (Å²) in [5.74, 6) is -0.211. The summed E-state index contributed by atoms with van der Waals surface area (Å²) in [6.07, 6.45) is 0.832. The van der Waals surface area contributed by atoms with Crippen molar-refractivity contribution in [3.63, 3.8) is 0 Å². The van der Waals surface area contributed by atoms with E-state index in [4.69, 9.17) is 17.3 Å². The van der Waals surface area contributed by atoms with Gasteiger partial charge >= 0.3 is 0 Å². The lowest BCUT2D eigenvalue weighted by Gasteiger charge is -2.07. The summed E-state index contributed by atoms with van der Waals surface area (Å²) in [6, 6.07) is 14.6.